The van der Waals surface area contributed by atoms with E-state index in [9.17, 15) is 9.59 Å². The minimum absolute atomic E-state index is 0.285. The molecular weight excluding hydrogens is 844 g/mol. The number of benzene rings is 4. The lowest BCUT2D eigenvalue weighted by Crippen LogP contribution is -2.53. The second kappa shape index (κ2) is 21.0. The molecule has 0 bridgehead atoms. The highest BCUT2D eigenvalue weighted by Crippen LogP contribution is 2.69. The van der Waals surface area contributed by atoms with Crippen molar-refractivity contribution in [3.63, 3.8) is 0 Å². The van der Waals surface area contributed by atoms with Crippen molar-refractivity contribution in [3.05, 3.63) is 134 Å². The highest BCUT2D eigenvalue weighted by Gasteiger charge is 2.60. The fraction of sp³-hybridized carbons (Fsp3) is 0.525. The summed E-state index contributed by atoms with van der Waals surface area (Å²) < 4.78 is 12.3. The van der Waals surface area contributed by atoms with Gasteiger partial charge in [-0.25, -0.2) is 0 Å². The van der Waals surface area contributed by atoms with Crippen molar-refractivity contribution >= 4 is 41.3 Å². The van der Waals surface area contributed by atoms with Crippen LogP contribution in [-0.2, 0) is 13.2 Å². The van der Waals surface area contributed by atoms with Gasteiger partial charge in [-0.3, -0.25) is 9.59 Å². The number of allylic oxidation sites excluding steroid dienone is 1. The van der Waals surface area contributed by atoms with Gasteiger partial charge in [0.25, 0.3) is 0 Å². The summed E-state index contributed by atoms with van der Waals surface area (Å²) in [5.74, 6) is 7.40. The maximum Gasteiger partial charge on any atom is 0.153 e. The number of ether oxygens (including phenoxy) is 2. The number of carbonyl (C=O) groups excluding carboxylic acids is 2. The Hall–Kier alpha value is -3.86. The molecule has 4 saturated carbocycles. The molecule has 0 radical (unpaired) electrons. The van der Waals surface area contributed by atoms with Crippen molar-refractivity contribution in [2.75, 3.05) is 0 Å². The number of fused-ring (bicyclic) bond motifs is 5. The van der Waals surface area contributed by atoms with Crippen LogP contribution >= 0.6 is 23.2 Å². The lowest BCUT2D eigenvalue weighted by molar-refractivity contribution is -0.121. The third-order valence-corrected chi connectivity index (χ3v) is 17.9. The van der Waals surface area contributed by atoms with Gasteiger partial charge in [-0.1, -0.05) is 144 Å². The molecule has 4 nitrogen and oxygen atoms in total. The Morgan fingerprint density at radius 1 is 0.692 bits per heavy atom. The molecule has 4 aromatic rings. The second-order valence-electron chi connectivity index (χ2n) is 21.6. The minimum Gasteiger partial charge on any atom is -0.487 e. The van der Waals surface area contributed by atoms with Crippen LogP contribution in [0.5, 0.6) is 11.5 Å². The fourth-order valence-electron chi connectivity index (χ4n) is 14.0. The first kappa shape index (κ1) is 47.6. The van der Waals surface area contributed by atoms with E-state index in [1.807, 2.05) is 84.9 Å². The average molecular weight is 916 g/mol. The Morgan fingerprint density at radius 2 is 1.26 bits per heavy atom. The van der Waals surface area contributed by atoms with E-state index in [4.69, 9.17) is 32.7 Å². The van der Waals surface area contributed by atoms with E-state index < -0.39 is 0 Å². The van der Waals surface area contributed by atoms with Gasteiger partial charge in [-0.2, -0.15) is 0 Å². The van der Waals surface area contributed by atoms with Crippen LogP contribution in [0.3, 0.4) is 0 Å². The van der Waals surface area contributed by atoms with E-state index in [0.717, 1.165) is 94.7 Å². The van der Waals surface area contributed by atoms with Crippen molar-refractivity contribution in [2.24, 2.45) is 58.2 Å². The normalized spacial score (nSPS) is 27.5. The summed E-state index contributed by atoms with van der Waals surface area (Å²) in [6.07, 6.45) is 22.5. The van der Waals surface area contributed by atoms with E-state index in [1.54, 1.807) is 0 Å². The van der Waals surface area contributed by atoms with Gasteiger partial charge in [0.2, 0.25) is 0 Å². The number of aldehydes is 2. The lowest BCUT2D eigenvalue weighted by Gasteiger charge is -2.61. The predicted molar refractivity (Wildman–Crippen MR) is 268 cm³/mol. The molecule has 65 heavy (non-hydrogen) atoms. The zero-order valence-corrected chi connectivity index (χ0v) is 41.1. The predicted octanol–water partition coefficient (Wildman–Crippen LogP) is 16.7. The monoisotopic (exact) mass is 914 g/mol. The SMILES string of the molecule is CC(C)CCCC(C)[C@H]1CCC2C3CCC4C[C@@H](CCC=C(c5cc(Cl)c(OCc6ccccc6)c(C=O)c5)c5cc(Cl)c(OCc6ccccc6)c(C=O)c5)CC[C@]4(C)C3CC[C@@]21C. The van der Waals surface area contributed by atoms with Gasteiger partial charge in [0, 0.05) is 0 Å². The van der Waals surface area contributed by atoms with Gasteiger partial charge in [0.15, 0.2) is 12.6 Å². The molecular formula is C59H72Cl2O4. The topological polar surface area (TPSA) is 52.6 Å². The molecule has 4 fully saturated rings. The first-order chi connectivity index (χ1) is 31.4. The van der Waals surface area contributed by atoms with E-state index in [0.29, 0.717) is 49.4 Å². The summed E-state index contributed by atoms with van der Waals surface area (Å²) >= 11 is 14.0. The zero-order valence-electron chi connectivity index (χ0n) is 39.6. The van der Waals surface area contributed by atoms with Crippen LogP contribution in [0.2, 0.25) is 10.0 Å². The van der Waals surface area contributed by atoms with Crippen molar-refractivity contribution < 1.29 is 19.1 Å². The van der Waals surface area contributed by atoms with E-state index in [-0.39, 0.29) is 13.2 Å². The number of hydrogen-bond acceptors (Lipinski definition) is 4. The first-order valence-corrected chi connectivity index (χ1v) is 25.8. The molecule has 0 saturated heterocycles. The van der Waals surface area contributed by atoms with E-state index in [1.165, 1.54) is 77.0 Å². The van der Waals surface area contributed by atoms with Gasteiger partial charge in [0.05, 0.1) is 21.2 Å². The smallest absolute Gasteiger partial charge is 0.153 e. The standard InChI is InChI=1S/C59H72Cl2O4/c1-39(2)14-12-15-40(3)51-24-25-52-50-23-22-48-30-41(26-28-58(48,4)53(50)27-29-59(51,52)5)20-13-21-49(44-31-46(35-62)56(54(60)33-44)64-37-42-16-8-6-9-17-42)45-32-47(36-63)57(55(61)34-45)65-38-43-18-10-7-11-19-43/h6-11,16-19,21,31-36,39-41,48,50-53H,12-15,20,22-30,37-38H2,1-5H3/t40?,41-,48?,50?,51+,52?,53?,58-,59+/m0/s1. The van der Waals surface area contributed by atoms with E-state index >= 15 is 0 Å². The van der Waals surface area contributed by atoms with Gasteiger partial charge >= 0.3 is 0 Å². The van der Waals surface area contributed by atoms with Crippen LogP contribution in [0.15, 0.2) is 91.0 Å². The van der Waals surface area contributed by atoms with Crippen LogP contribution in [-0.4, -0.2) is 12.6 Å². The zero-order chi connectivity index (χ0) is 45.7. The molecule has 0 aliphatic heterocycles. The number of hydrogen-bond donors (Lipinski definition) is 0. The third-order valence-electron chi connectivity index (χ3n) is 17.4. The maximum atomic E-state index is 12.7. The highest BCUT2D eigenvalue weighted by atomic mass is 35.5. The molecule has 5 unspecified atom stereocenters. The van der Waals surface area contributed by atoms with Crippen molar-refractivity contribution in [1.82, 2.24) is 0 Å². The molecule has 4 aromatic carbocycles. The van der Waals surface area contributed by atoms with Crippen LogP contribution in [0.1, 0.15) is 167 Å². The number of carbonyl (C=O) groups is 2. The Morgan fingerprint density at radius 3 is 1.83 bits per heavy atom. The van der Waals surface area contributed by atoms with Crippen molar-refractivity contribution in [1.29, 1.82) is 0 Å². The van der Waals surface area contributed by atoms with E-state index in [2.05, 4.69) is 40.7 Å². The van der Waals surface area contributed by atoms with Crippen LogP contribution in [0, 0.1) is 58.2 Å². The number of halogens is 2. The van der Waals surface area contributed by atoms with Crippen LogP contribution in [0.25, 0.3) is 5.57 Å². The summed E-state index contributed by atoms with van der Waals surface area (Å²) in [5.41, 5.74) is 6.09. The lowest BCUT2D eigenvalue weighted by atomic mass is 9.44. The second-order valence-corrected chi connectivity index (χ2v) is 22.4. The van der Waals surface area contributed by atoms with Crippen molar-refractivity contribution in [2.45, 2.75) is 138 Å². The quantitative estimate of drug-likeness (QED) is 0.0933. The Balaban J connectivity index is 0.996. The molecule has 0 amide bonds. The molecule has 6 heteroatoms. The highest BCUT2D eigenvalue weighted by molar-refractivity contribution is 6.33. The molecule has 4 aliphatic carbocycles. The minimum atomic E-state index is 0.285. The summed E-state index contributed by atoms with van der Waals surface area (Å²) in [6, 6.07) is 27.1. The fourth-order valence-corrected chi connectivity index (χ4v) is 14.5. The molecule has 4 aliphatic rings. The molecule has 0 aromatic heterocycles. The molecule has 8 rings (SSSR count). The van der Waals surface area contributed by atoms with Crippen LogP contribution < -0.4 is 9.47 Å². The summed E-state index contributed by atoms with van der Waals surface area (Å²) in [5, 5.41) is 0.704. The summed E-state index contributed by atoms with van der Waals surface area (Å²) in [6.45, 7) is 13.3. The van der Waals surface area contributed by atoms with Gasteiger partial charge < -0.3 is 9.47 Å². The summed E-state index contributed by atoms with van der Waals surface area (Å²) in [7, 11) is 0. The maximum absolute atomic E-state index is 12.7. The Kier molecular flexibility index (Phi) is 15.4. The molecule has 9 atom stereocenters. The average Bonchev–Trinajstić information content (AvgIpc) is 3.67. The van der Waals surface area contributed by atoms with Crippen molar-refractivity contribution in [3.8, 4) is 11.5 Å². The number of rotatable bonds is 18. The summed E-state index contributed by atoms with van der Waals surface area (Å²) in [4.78, 5) is 25.3. The molecule has 346 valence electrons. The first-order valence-electron chi connectivity index (χ1n) is 25.0. The van der Waals surface area contributed by atoms with Gasteiger partial charge in [0.1, 0.15) is 24.7 Å². The van der Waals surface area contributed by atoms with Gasteiger partial charge in [-0.05, 0) is 181 Å². The molecule has 0 heterocycles. The largest absolute Gasteiger partial charge is 0.487 e. The Labute approximate surface area is 400 Å². The molecule has 0 N–H and O–H groups in total. The third kappa shape index (κ3) is 10.4. The van der Waals surface area contributed by atoms with Crippen LogP contribution in [0.4, 0.5) is 0 Å². The van der Waals surface area contributed by atoms with Gasteiger partial charge in [-0.15, -0.1) is 0 Å². The Bertz CT molecular complexity index is 2180. The molecule has 0 spiro atoms.